The van der Waals surface area contributed by atoms with Crippen molar-refractivity contribution in [1.29, 1.82) is 0 Å². The quantitative estimate of drug-likeness (QED) is 0.325. The van der Waals surface area contributed by atoms with E-state index in [1.54, 1.807) is 0 Å². The number of amides is 1. The zero-order valence-electron chi connectivity index (χ0n) is 15.5. The van der Waals surface area contributed by atoms with Gasteiger partial charge in [0.1, 0.15) is 0 Å². The van der Waals surface area contributed by atoms with Crippen LogP contribution in [-0.4, -0.2) is 19.5 Å². The SMILES string of the molecule is O=CNCCCCNC(c1ccccc1)(c1ccccc1)c1ccccc1. The molecule has 0 aliphatic rings. The number of hydrogen-bond acceptors (Lipinski definition) is 2. The van der Waals surface area contributed by atoms with Gasteiger partial charge in [-0.2, -0.15) is 0 Å². The molecule has 0 radical (unpaired) electrons. The van der Waals surface area contributed by atoms with Crippen LogP contribution in [0.4, 0.5) is 0 Å². The highest BCUT2D eigenvalue weighted by Gasteiger charge is 2.35. The van der Waals surface area contributed by atoms with E-state index in [2.05, 4.69) is 102 Å². The first-order chi connectivity index (χ1) is 13.4. The first-order valence-electron chi connectivity index (χ1n) is 9.46. The molecule has 3 heteroatoms. The van der Waals surface area contributed by atoms with Gasteiger partial charge in [0.2, 0.25) is 6.41 Å². The fourth-order valence-corrected chi connectivity index (χ4v) is 3.56. The second kappa shape index (κ2) is 9.70. The summed E-state index contributed by atoms with van der Waals surface area (Å²) < 4.78 is 0. The topological polar surface area (TPSA) is 41.1 Å². The van der Waals surface area contributed by atoms with Crippen molar-refractivity contribution in [3.05, 3.63) is 108 Å². The van der Waals surface area contributed by atoms with Gasteiger partial charge in [0.25, 0.3) is 0 Å². The second-order valence-electron chi connectivity index (χ2n) is 6.55. The normalized spacial score (nSPS) is 11.1. The number of carbonyl (C=O) groups is 1. The van der Waals surface area contributed by atoms with Gasteiger partial charge in [0.15, 0.2) is 0 Å². The summed E-state index contributed by atoms with van der Waals surface area (Å²) >= 11 is 0. The third-order valence-electron chi connectivity index (χ3n) is 4.84. The maximum absolute atomic E-state index is 10.4. The van der Waals surface area contributed by atoms with Crippen LogP contribution in [0.3, 0.4) is 0 Å². The van der Waals surface area contributed by atoms with Crippen molar-refractivity contribution in [1.82, 2.24) is 10.6 Å². The van der Waals surface area contributed by atoms with E-state index < -0.39 is 5.54 Å². The Balaban J connectivity index is 1.99. The first-order valence-corrected chi connectivity index (χ1v) is 9.46. The molecule has 0 fully saturated rings. The van der Waals surface area contributed by atoms with E-state index in [1.165, 1.54) is 16.7 Å². The average Bonchev–Trinajstić information content (AvgIpc) is 2.75. The Morgan fingerprint density at radius 1 is 0.630 bits per heavy atom. The van der Waals surface area contributed by atoms with Gasteiger partial charge >= 0.3 is 0 Å². The standard InChI is InChI=1S/C24H26N2O/c27-20-25-18-10-11-19-26-24(21-12-4-1-5-13-21,22-14-6-2-7-15-22)23-16-8-3-9-17-23/h1-9,12-17,20,26H,10-11,18-19H2,(H,25,27). The van der Waals surface area contributed by atoms with Crippen molar-refractivity contribution in [2.75, 3.05) is 13.1 Å². The van der Waals surface area contributed by atoms with Crippen LogP contribution in [0.15, 0.2) is 91.0 Å². The molecule has 0 spiro atoms. The van der Waals surface area contributed by atoms with Crippen LogP contribution in [0.25, 0.3) is 0 Å². The summed E-state index contributed by atoms with van der Waals surface area (Å²) in [6, 6.07) is 31.8. The molecule has 3 aromatic rings. The fraction of sp³-hybridized carbons (Fsp3) is 0.208. The van der Waals surface area contributed by atoms with Crippen molar-refractivity contribution in [2.45, 2.75) is 18.4 Å². The molecule has 0 unspecified atom stereocenters. The maximum Gasteiger partial charge on any atom is 0.207 e. The van der Waals surface area contributed by atoms with Crippen molar-refractivity contribution in [3.8, 4) is 0 Å². The van der Waals surface area contributed by atoms with Gasteiger partial charge in [0, 0.05) is 6.54 Å². The first kappa shape index (κ1) is 18.9. The Labute approximate surface area is 161 Å². The van der Waals surface area contributed by atoms with E-state index in [0.717, 1.165) is 25.8 Å². The largest absolute Gasteiger partial charge is 0.359 e. The number of hydrogen-bond donors (Lipinski definition) is 2. The molecular formula is C24H26N2O. The number of benzene rings is 3. The van der Waals surface area contributed by atoms with Crippen LogP contribution in [0.5, 0.6) is 0 Å². The summed E-state index contributed by atoms with van der Waals surface area (Å²) in [5.74, 6) is 0. The van der Waals surface area contributed by atoms with Gasteiger partial charge in [0.05, 0.1) is 5.54 Å². The Bertz CT molecular complexity index is 707. The predicted molar refractivity (Wildman–Crippen MR) is 111 cm³/mol. The van der Waals surface area contributed by atoms with Crippen LogP contribution < -0.4 is 10.6 Å². The molecule has 138 valence electrons. The van der Waals surface area contributed by atoms with Crippen molar-refractivity contribution in [3.63, 3.8) is 0 Å². The lowest BCUT2D eigenvalue weighted by atomic mass is 9.77. The average molecular weight is 358 g/mol. The molecule has 3 aromatic carbocycles. The molecular weight excluding hydrogens is 332 g/mol. The Kier molecular flexibility index (Phi) is 6.78. The zero-order valence-corrected chi connectivity index (χ0v) is 15.5. The zero-order chi connectivity index (χ0) is 18.8. The van der Waals surface area contributed by atoms with Crippen LogP contribution in [-0.2, 0) is 10.3 Å². The summed E-state index contributed by atoms with van der Waals surface area (Å²) in [7, 11) is 0. The highest BCUT2D eigenvalue weighted by Crippen LogP contribution is 2.36. The van der Waals surface area contributed by atoms with E-state index in [1.807, 2.05) is 0 Å². The maximum atomic E-state index is 10.4. The Morgan fingerprint density at radius 3 is 1.44 bits per heavy atom. The molecule has 0 aromatic heterocycles. The van der Waals surface area contributed by atoms with Crippen molar-refractivity contribution < 1.29 is 4.79 Å². The van der Waals surface area contributed by atoms with Gasteiger partial charge in [-0.15, -0.1) is 0 Å². The van der Waals surface area contributed by atoms with E-state index in [0.29, 0.717) is 6.54 Å². The molecule has 3 nitrogen and oxygen atoms in total. The molecule has 27 heavy (non-hydrogen) atoms. The molecule has 0 saturated heterocycles. The lowest BCUT2D eigenvalue weighted by molar-refractivity contribution is -0.109. The van der Waals surface area contributed by atoms with E-state index in [9.17, 15) is 4.79 Å². The minimum Gasteiger partial charge on any atom is -0.359 e. The van der Waals surface area contributed by atoms with E-state index >= 15 is 0 Å². The summed E-state index contributed by atoms with van der Waals surface area (Å²) in [4.78, 5) is 10.4. The minimum atomic E-state index is -0.415. The molecule has 0 bridgehead atoms. The summed E-state index contributed by atoms with van der Waals surface area (Å²) in [5, 5.41) is 6.58. The molecule has 0 atom stereocenters. The summed E-state index contributed by atoms with van der Waals surface area (Å²) in [6.07, 6.45) is 2.69. The van der Waals surface area contributed by atoms with Gasteiger partial charge in [-0.05, 0) is 36.1 Å². The highest BCUT2D eigenvalue weighted by atomic mass is 16.1. The minimum absolute atomic E-state index is 0.415. The molecule has 0 saturated carbocycles. The van der Waals surface area contributed by atoms with Gasteiger partial charge in [-0.3, -0.25) is 10.1 Å². The van der Waals surface area contributed by atoms with Crippen molar-refractivity contribution in [2.24, 2.45) is 0 Å². The van der Waals surface area contributed by atoms with Crippen LogP contribution in [0.1, 0.15) is 29.5 Å². The van der Waals surface area contributed by atoms with Crippen LogP contribution in [0.2, 0.25) is 0 Å². The smallest absolute Gasteiger partial charge is 0.207 e. The monoisotopic (exact) mass is 358 g/mol. The second-order valence-corrected chi connectivity index (χ2v) is 6.55. The predicted octanol–water partition coefficient (Wildman–Crippen LogP) is 4.09. The molecule has 0 aliphatic heterocycles. The molecule has 2 N–H and O–H groups in total. The Hall–Kier alpha value is -2.91. The lowest BCUT2D eigenvalue weighted by Gasteiger charge is -2.37. The van der Waals surface area contributed by atoms with Gasteiger partial charge in [-0.25, -0.2) is 0 Å². The van der Waals surface area contributed by atoms with Crippen LogP contribution >= 0.6 is 0 Å². The van der Waals surface area contributed by atoms with Gasteiger partial charge < -0.3 is 5.32 Å². The lowest BCUT2D eigenvalue weighted by Crippen LogP contribution is -2.45. The van der Waals surface area contributed by atoms with Crippen LogP contribution in [0, 0.1) is 0 Å². The number of unbranched alkanes of at least 4 members (excludes halogenated alkanes) is 1. The number of nitrogens with one attached hydrogen (secondary N) is 2. The molecule has 3 rings (SSSR count). The summed E-state index contributed by atoms with van der Waals surface area (Å²) in [6.45, 7) is 1.55. The highest BCUT2D eigenvalue weighted by molar-refractivity contribution is 5.49. The Morgan fingerprint density at radius 2 is 1.04 bits per heavy atom. The van der Waals surface area contributed by atoms with Gasteiger partial charge in [-0.1, -0.05) is 91.0 Å². The van der Waals surface area contributed by atoms with Crippen molar-refractivity contribution >= 4 is 6.41 Å². The van der Waals surface area contributed by atoms with E-state index in [-0.39, 0.29) is 0 Å². The number of carbonyl (C=O) groups excluding carboxylic acids is 1. The molecule has 0 heterocycles. The molecule has 0 aliphatic carbocycles. The molecule has 1 amide bonds. The fourth-order valence-electron chi connectivity index (χ4n) is 3.56. The third kappa shape index (κ3) is 4.44. The van der Waals surface area contributed by atoms with E-state index in [4.69, 9.17) is 0 Å². The number of rotatable bonds is 10. The third-order valence-corrected chi connectivity index (χ3v) is 4.84. The summed E-state index contributed by atoms with van der Waals surface area (Å²) in [5.41, 5.74) is 3.23.